The summed E-state index contributed by atoms with van der Waals surface area (Å²) >= 11 is 0. The molecular formula is C21H21FN2O2. The van der Waals surface area contributed by atoms with Gasteiger partial charge in [-0.3, -0.25) is 9.78 Å². The molecule has 0 saturated heterocycles. The van der Waals surface area contributed by atoms with Gasteiger partial charge in [0, 0.05) is 17.0 Å². The Labute approximate surface area is 152 Å². The van der Waals surface area contributed by atoms with E-state index in [1.165, 1.54) is 6.07 Å². The topological polar surface area (TPSA) is 63.0 Å². The van der Waals surface area contributed by atoms with Crippen LogP contribution < -0.4 is 0 Å². The maximum absolute atomic E-state index is 13.7. The number of rotatable bonds is 3. The molecule has 4 nitrogen and oxygen atoms in total. The molecule has 0 amide bonds. The largest absolute Gasteiger partial charge is 0.465 e. The lowest BCUT2D eigenvalue weighted by Gasteiger charge is -2.31. The third kappa shape index (κ3) is 2.39. The van der Waals surface area contributed by atoms with Crippen LogP contribution in [-0.2, 0) is 9.53 Å². The number of pyridine rings is 1. The van der Waals surface area contributed by atoms with Gasteiger partial charge in [-0.1, -0.05) is 0 Å². The number of hydrogen-bond donors (Lipinski definition) is 0. The Hall–Kier alpha value is -2.48. The number of carbonyl (C=O) groups excluding carboxylic acids is 1. The Balaban J connectivity index is 1.56. The lowest BCUT2D eigenvalue weighted by molar-refractivity contribution is -0.149. The Morgan fingerprint density at radius 3 is 2.85 bits per heavy atom. The monoisotopic (exact) mass is 352 g/mol. The molecule has 1 aromatic carbocycles. The number of carbonyl (C=O) groups is 1. The van der Waals surface area contributed by atoms with Gasteiger partial charge in [0.2, 0.25) is 0 Å². The maximum Gasteiger partial charge on any atom is 0.327 e. The average Bonchev–Trinajstić information content (AvgIpc) is 3.30. The summed E-state index contributed by atoms with van der Waals surface area (Å²) in [7, 11) is 0. The first kappa shape index (κ1) is 17.0. The van der Waals surface area contributed by atoms with Crippen LogP contribution in [0.3, 0.4) is 0 Å². The van der Waals surface area contributed by atoms with Crippen LogP contribution in [0.25, 0.3) is 10.9 Å². The maximum atomic E-state index is 13.7. The van der Waals surface area contributed by atoms with Crippen LogP contribution in [0.15, 0.2) is 30.5 Å². The van der Waals surface area contributed by atoms with Crippen molar-refractivity contribution < 1.29 is 13.9 Å². The molecule has 0 bridgehead atoms. The minimum absolute atomic E-state index is 0.238. The van der Waals surface area contributed by atoms with Gasteiger partial charge in [0.05, 0.1) is 18.2 Å². The highest BCUT2D eigenvalue weighted by molar-refractivity contribution is 5.86. The zero-order valence-electron chi connectivity index (χ0n) is 14.8. The van der Waals surface area contributed by atoms with Gasteiger partial charge in [0.15, 0.2) is 5.41 Å². The first-order chi connectivity index (χ1) is 12.5. The zero-order chi connectivity index (χ0) is 18.4. The number of ether oxygens (including phenoxy) is 1. The fourth-order valence-corrected chi connectivity index (χ4v) is 4.79. The van der Waals surface area contributed by atoms with Crippen molar-refractivity contribution in [3.05, 3.63) is 41.8 Å². The number of benzene rings is 1. The number of nitrogens with zero attached hydrogens (tertiary/aromatic N) is 2. The molecule has 1 unspecified atom stereocenters. The Bertz CT molecular complexity index is 912. The fraction of sp³-hybridized carbons (Fsp3) is 0.476. The molecule has 4 rings (SSSR count). The van der Waals surface area contributed by atoms with Crippen molar-refractivity contribution in [2.45, 2.75) is 44.9 Å². The molecule has 0 N–H and O–H groups in total. The summed E-state index contributed by atoms with van der Waals surface area (Å²) < 4.78 is 18.9. The van der Waals surface area contributed by atoms with Crippen molar-refractivity contribution >= 4 is 16.9 Å². The molecule has 2 saturated carbocycles. The minimum atomic E-state index is -0.958. The van der Waals surface area contributed by atoms with Crippen molar-refractivity contribution in [3.63, 3.8) is 0 Å². The number of aromatic nitrogens is 1. The lowest BCUT2D eigenvalue weighted by Crippen LogP contribution is -2.28. The Morgan fingerprint density at radius 1 is 1.38 bits per heavy atom. The summed E-state index contributed by atoms with van der Waals surface area (Å²) in [5, 5.41) is 10.5. The molecule has 0 aliphatic heterocycles. The SMILES string of the molecule is CCOC(=O)C1(C#N)CC12CCC(c1ccnc3ccc(F)cc13)CC2. The smallest absolute Gasteiger partial charge is 0.327 e. The van der Waals surface area contributed by atoms with E-state index in [1.54, 1.807) is 25.3 Å². The van der Waals surface area contributed by atoms with E-state index in [4.69, 9.17) is 4.74 Å². The highest BCUT2D eigenvalue weighted by atomic mass is 19.1. The van der Waals surface area contributed by atoms with Crippen LogP contribution in [-0.4, -0.2) is 17.6 Å². The van der Waals surface area contributed by atoms with Gasteiger partial charge in [0.25, 0.3) is 0 Å². The van der Waals surface area contributed by atoms with E-state index in [9.17, 15) is 14.4 Å². The molecule has 26 heavy (non-hydrogen) atoms. The second-order valence-electron chi connectivity index (χ2n) is 7.53. The van der Waals surface area contributed by atoms with Crippen molar-refractivity contribution in [2.75, 3.05) is 6.61 Å². The van der Waals surface area contributed by atoms with E-state index >= 15 is 0 Å². The quantitative estimate of drug-likeness (QED) is 0.763. The molecule has 0 radical (unpaired) electrons. The van der Waals surface area contributed by atoms with E-state index < -0.39 is 5.41 Å². The predicted molar refractivity (Wildman–Crippen MR) is 94.6 cm³/mol. The van der Waals surface area contributed by atoms with Crippen LogP contribution in [0.2, 0.25) is 0 Å². The molecule has 2 aromatic rings. The van der Waals surface area contributed by atoms with Gasteiger partial charge in [-0.15, -0.1) is 0 Å². The molecule has 2 aliphatic rings. The third-order valence-corrected chi connectivity index (χ3v) is 6.32. The molecule has 2 fully saturated rings. The van der Waals surface area contributed by atoms with Crippen molar-refractivity contribution in [1.29, 1.82) is 5.26 Å². The standard InChI is InChI=1S/C21H21FN2O2/c1-2-26-19(25)21(13-23)12-20(21)8-5-14(6-9-20)16-7-10-24-18-4-3-15(22)11-17(16)18/h3-4,7,10-11,14H,2,5-6,8-9,12H2,1H3. The molecule has 2 aliphatic carbocycles. The van der Waals surface area contributed by atoms with Gasteiger partial charge in [-0.05, 0) is 74.8 Å². The van der Waals surface area contributed by atoms with Gasteiger partial charge in [-0.25, -0.2) is 4.39 Å². The summed E-state index contributed by atoms with van der Waals surface area (Å²) in [4.78, 5) is 16.6. The first-order valence-corrected chi connectivity index (χ1v) is 9.18. The molecule has 1 heterocycles. The van der Waals surface area contributed by atoms with Crippen molar-refractivity contribution in [3.8, 4) is 6.07 Å². The molecule has 1 spiro atoms. The Morgan fingerprint density at radius 2 is 2.15 bits per heavy atom. The summed E-state index contributed by atoms with van der Waals surface area (Å²) in [6.07, 6.45) is 5.80. The number of fused-ring (bicyclic) bond motifs is 1. The predicted octanol–water partition coefficient (Wildman–Crippen LogP) is 4.49. The minimum Gasteiger partial charge on any atom is -0.465 e. The van der Waals surface area contributed by atoms with Gasteiger partial charge < -0.3 is 4.74 Å². The van der Waals surface area contributed by atoms with Crippen LogP contribution in [0.5, 0.6) is 0 Å². The molecule has 5 heteroatoms. The fourth-order valence-electron chi connectivity index (χ4n) is 4.79. The average molecular weight is 352 g/mol. The van der Waals surface area contributed by atoms with Crippen LogP contribution in [0, 0.1) is 28.0 Å². The van der Waals surface area contributed by atoms with Crippen LogP contribution in [0.1, 0.15) is 50.5 Å². The van der Waals surface area contributed by atoms with Gasteiger partial charge >= 0.3 is 5.97 Å². The molecule has 134 valence electrons. The third-order valence-electron chi connectivity index (χ3n) is 6.32. The normalized spacial score (nSPS) is 30.1. The van der Waals surface area contributed by atoms with Crippen LogP contribution >= 0.6 is 0 Å². The summed E-state index contributed by atoms with van der Waals surface area (Å²) in [6.45, 7) is 2.07. The van der Waals surface area contributed by atoms with Gasteiger partial charge in [-0.2, -0.15) is 5.26 Å². The summed E-state index contributed by atoms with van der Waals surface area (Å²) in [6, 6.07) is 8.92. The van der Waals surface area contributed by atoms with Gasteiger partial charge in [0.1, 0.15) is 5.82 Å². The van der Waals surface area contributed by atoms with E-state index in [-0.39, 0.29) is 17.2 Å². The molecule has 1 aromatic heterocycles. The van der Waals surface area contributed by atoms with Crippen molar-refractivity contribution in [1.82, 2.24) is 4.98 Å². The number of halogens is 1. The number of hydrogen-bond acceptors (Lipinski definition) is 4. The molecular weight excluding hydrogens is 331 g/mol. The van der Waals surface area contributed by atoms with E-state index in [1.807, 2.05) is 6.07 Å². The lowest BCUT2D eigenvalue weighted by atomic mass is 9.73. The van der Waals surface area contributed by atoms with E-state index in [0.29, 0.717) is 18.9 Å². The summed E-state index contributed by atoms with van der Waals surface area (Å²) in [5.41, 5.74) is 0.719. The highest BCUT2D eigenvalue weighted by Crippen LogP contribution is 2.71. The van der Waals surface area contributed by atoms with E-state index in [2.05, 4.69) is 11.1 Å². The second kappa shape index (κ2) is 6.05. The highest BCUT2D eigenvalue weighted by Gasteiger charge is 2.73. The van der Waals surface area contributed by atoms with Crippen molar-refractivity contribution in [2.24, 2.45) is 10.8 Å². The Kier molecular flexibility index (Phi) is 3.95. The van der Waals surface area contributed by atoms with E-state index in [0.717, 1.165) is 42.1 Å². The second-order valence-corrected chi connectivity index (χ2v) is 7.53. The van der Waals surface area contributed by atoms with Crippen LogP contribution in [0.4, 0.5) is 4.39 Å². The number of nitriles is 1. The first-order valence-electron chi connectivity index (χ1n) is 9.18. The summed E-state index contributed by atoms with van der Waals surface area (Å²) in [5.74, 6) is -0.323. The number of esters is 1. The zero-order valence-corrected chi connectivity index (χ0v) is 14.8. The molecule has 1 atom stereocenters.